The predicted molar refractivity (Wildman–Crippen MR) is 99.5 cm³/mol. The molecule has 0 bridgehead atoms. The molecule has 0 N–H and O–H groups in total. The summed E-state index contributed by atoms with van der Waals surface area (Å²) in [5.74, 6) is 0.637. The Balaban J connectivity index is 1.75. The summed E-state index contributed by atoms with van der Waals surface area (Å²) in [7, 11) is 0. The minimum absolute atomic E-state index is 0.637. The normalized spacial score (nSPS) is 11.5. The Bertz CT molecular complexity index is 1220. The van der Waals surface area contributed by atoms with Gasteiger partial charge in [-0.3, -0.25) is 0 Å². The average molecular weight is 330 g/mol. The minimum atomic E-state index is 0.637. The maximum absolute atomic E-state index is 6.08. The predicted octanol–water partition coefficient (Wildman–Crippen LogP) is 6.45. The summed E-state index contributed by atoms with van der Waals surface area (Å²) in [5, 5.41) is 5.22. The molecular weight excluding hydrogens is 318 g/mol. The lowest BCUT2D eigenvalue weighted by atomic mass is 10.1. The molecule has 0 amide bonds. The fourth-order valence-electron chi connectivity index (χ4n) is 3.14. The van der Waals surface area contributed by atoms with Crippen LogP contribution in [0, 0.1) is 0 Å². The van der Waals surface area contributed by atoms with E-state index >= 15 is 0 Å². The first-order valence-corrected chi connectivity index (χ1v) is 8.14. The smallest absolute Gasteiger partial charge is 0.227 e. The Morgan fingerprint density at radius 1 is 0.750 bits per heavy atom. The highest BCUT2D eigenvalue weighted by Crippen LogP contribution is 2.32. The van der Waals surface area contributed by atoms with Gasteiger partial charge in [-0.2, -0.15) is 0 Å². The summed E-state index contributed by atoms with van der Waals surface area (Å²) < 4.78 is 6.00. The van der Waals surface area contributed by atoms with E-state index in [9.17, 15) is 0 Å². The molecule has 3 heteroatoms. The van der Waals surface area contributed by atoms with Crippen LogP contribution in [0.5, 0.6) is 0 Å². The molecule has 5 rings (SSSR count). The van der Waals surface area contributed by atoms with Crippen LogP contribution in [0.15, 0.2) is 77.2 Å². The molecular formula is C21H12ClNO. The minimum Gasteiger partial charge on any atom is -0.436 e. The van der Waals surface area contributed by atoms with Crippen molar-refractivity contribution < 1.29 is 4.42 Å². The fraction of sp³-hybridized carbons (Fsp3) is 0. The number of benzene rings is 4. The molecule has 0 spiro atoms. The summed E-state index contributed by atoms with van der Waals surface area (Å²) in [6, 6.07) is 24.3. The van der Waals surface area contributed by atoms with Crippen molar-refractivity contribution in [3.05, 3.63) is 77.8 Å². The summed E-state index contributed by atoms with van der Waals surface area (Å²) in [6.07, 6.45) is 0. The van der Waals surface area contributed by atoms with Crippen molar-refractivity contribution in [3.63, 3.8) is 0 Å². The molecule has 1 heterocycles. The van der Waals surface area contributed by atoms with Crippen molar-refractivity contribution in [1.82, 2.24) is 4.98 Å². The lowest BCUT2D eigenvalue weighted by Crippen LogP contribution is -1.79. The van der Waals surface area contributed by atoms with Gasteiger partial charge in [0.05, 0.1) is 0 Å². The van der Waals surface area contributed by atoms with Gasteiger partial charge in [0.15, 0.2) is 5.58 Å². The fourth-order valence-corrected chi connectivity index (χ4v) is 3.32. The number of nitrogens with zero attached hydrogens (tertiary/aromatic N) is 1. The van der Waals surface area contributed by atoms with Crippen LogP contribution in [0.4, 0.5) is 0 Å². The Labute approximate surface area is 143 Å². The van der Waals surface area contributed by atoms with Crippen molar-refractivity contribution in [3.8, 4) is 11.5 Å². The third-order valence-electron chi connectivity index (χ3n) is 4.33. The summed E-state index contributed by atoms with van der Waals surface area (Å²) in [4.78, 5) is 4.74. The highest BCUT2D eigenvalue weighted by atomic mass is 35.5. The van der Waals surface area contributed by atoms with E-state index in [1.54, 1.807) is 0 Å². The molecule has 4 aromatic carbocycles. The highest BCUT2D eigenvalue weighted by molar-refractivity contribution is 6.31. The number of hydrogen-bond acceptors (Lipinski definition) is 2. The van der Waals surface area contributed by atoms with Gasteiger partial charge in [-0.1, -0.05) is 54.1 Å². The second kappa shape index (κ2) is 5.08. The first-order valence-electron chi connectivity index (χ1n) is 7.76. The van der Waals surface area contributed by atoms with Gasteiger partial charge in [0.2, 0.25) is 5.89 Å². The van der Waals surface area contributed by atoms with Gasteiger partial charge in [-0.25, -0.2) is 4.98 Å². The number of halogens is 1. The van der Waals surface area contributed by atoms with Crippen molar-refractivity contribution in [2.75, 3.05) is 0 Å². The van der Waals surface area contributed by atoms with E-state index in [0.717, 1.165) is 32.5 Å². The van der Waals surface area contributed by atoms with E-state index < -0.39 is 0 Å². The van der Waals surface area contributed by atoms with Crippen molar-refractivity contribution in [2.24, 2.45) is 0 Å². The monoisotopic (exact) mass is 329 g/mol. The van der Waals surface area contributed by atoms with E-state index in [1.807, 2.05) is 48.5 Å². The maximum Gasteiger partial charge on any atom is 0.227 e. The van der Waals surface area contributed by atoms with Gasteiger partial charge in [-0.15, -0.1) is 0 Å². The second-order valence-corrected chi connectivity index (χ2v) is 6.30. The second-order valence-electron chi connectivity index (χ2n) is 5.86. The first kappa shape index (κ1) is 13.6. The summed E-state index contributed by atoms with van der Waals surface area (Å²) in [5.41, 5.74) is 2.63. The van der Waals surface area contributed by atoms with Crippen molar-refractivity contribution in [2.45, 2.75) is 0 Å². The number of hydrogen-bond donors (Lipinski definition) is 0. The molecule has 2 nitrogen and oxygen atoms in total. The molecule has 0 fully saturated rings. The molecule has 114 valence electrons. The summed E-state index contributed by atoms with van der Waals surface area (Å²) >= 11 is 6.08. The molecule has 5 aromatic rings. The van der Waals surface area contributed by atoms with Crippen LogP contribution in [0.25, 0.3) is 44.1 Å². The third-order valence-corrected chi connectivity index (χ3v) is 4.57. The molecule has 0 unspecified atom stereocenters. The maximum atomic E-state index is 6.08. The molecule has 0 aliphatic heterocycles. The Morgan fingerprint density at radius 2 is 1.58 bits per heavy atom. The van der Waals surface area contributed by atoms with Crippen LogP contribution in [-0.2, 0) is 0 Å². The van der Waals surface area contributed by atoms with Gasteiger partial charge < -0.3 is 4.42 Å². The molecule has 0 aliphatic carbocycles. The van der Waals surface area contributed by atoms with Crippen LogP contribution >= 0.6 is 11.6 Å². The van der Waals surface area contributed by atoms with E-state index in [4.69, 9.17) is 21.0 Å². The Kier molecular flexibility index (Phi) is 2.88. The zero-order valence-electron chi connectivity index (χ0n) is 12.7. The van der Waals surface area contributed by atoms with Crippen molar-refractivity contribution >= 4 is 44.2 Å². The van der Waals surface area contributed by atoms with Crippen LogP contribution in [0.3, 0.4) is 0 Å². The number of rotatable bonds is 1. The van der Waals surface area contributed by atoms with Gasteiger partial charge in [0.25, 0.3) is 0 Å². The zero-order valence-corrected chi connectivity index (χ0v) is 13.4. The van der Waals surface area contributed by atoms with E-state index in [2.05, 4.69) is 24.3 Å². The lowest BCUT2D eigenvalue weighted by molar-refractivity contribution is 0.620. The molecule has 0 aliphatic rings. The van der Waals surface area contributed by atoms with Crippen molar-refractivity contribution in [1.29, 1.82) is 0 Å². The largest absolute Gasteiger partial charge is 0.436 e. The average Bonchev–Trinajstić information content (AvgIpc) is 3.05. The number of oxazole rings is 1. The van der Waals surface area contributed by atoms with Gasteiger partial charge in [0, 0.05) is 16.0 Å². The summed E-state index contributed by atoms with van der Waals surface area (Å²) in [6.45, 7) is 0. The van der Waals surface area contributed by atoms with Crippen LogP contribution in [0.2, 0.25) is 5.02 Å². The quantitative estimate of drug-likeness (QED) is 0.353. The van der Waals surface area contributed by atoms with E-state index in [0.29, 0.717) is 5.89 Å². The molecule has 1 aromatic heterocycles. The lowest BCUT2D eigenvalue weighted by Gasteiger charge is -1.99. The molecule has 0 saturated heterocycles. The SMILES string of the molecule is Clc1ccc2c(ccc3oc(-c4ccc5ccccc5c4)nc32)c1. The van der Waals surface area contributed by atoms with E-state index in [1.165, 1.54) is 10.8 Å². The Morgan fingerprint density at radius 3 is 2.50 bits per heavy atom. The number of aromatic nitrogens is 1. The standard InChI is InChI=1S/C21H12ClNO/c22-17-8-9-18-15(12-17)7-10-19-20(18)23-21(24-19)16-6-5-13-3-1-2-4-14(13)11-16/h1-12H. The van der Waals surface area contributed by atoms with Crippen LogP contribution in [0.1, 0.15) is 0 Å². The van der Waals surface area contributed by atoms with Gasteiger partial charge in [0.1, 0.15) is 5.52 Å². The zero-order chi connectivity index (χ0) is 16.1. The van der Waals surface area contributed by atoms with Crippen LogP contribution < -0.4 is 0 Å². The highest BCUT2D eigenvalue weighted by Gasteiger charge is 2.11. The molecule has 0 saturated carbocycles. The number of fused-ring (bicyclic) bond motifs is 4. The topological polar surface area (TPSA) is 26.0 Å². The van der Waals surface area contributed by atoms with Crippen LogP contribution in [-0.4, -0.2) is 4.98 Å². The molecule has 0 atom stereocenters. The van der Waals surface area contributed by atoms with Gasteiger partial charge >= 0.3 is 0 Å². The first-order chi connectivity index (χ1) is 11.8. The molecule has 0 radical (unpaired) electrons. The van der Waals surface area contributed by atoms with E-state index in [-0.39, 0.29) is 0 Å². The molecule has 24 heavy (non-hydrogen) atoms. The third kappa shape index (κ3) is 2.08. The Hall–Kier alpha value is -2.84. The van der Waals surface area contributed by atoms with Gasteiger partial charge in [-0.05, 0) is 46.5 Å².